The van der Waals surface area contributed by atoms with Crippen molar-refractivity contribution >= 4 is 85.8 Å². The van der Waals surface area contributed by atoms with Gasteiger partial charge in [-0.3, -0.25) is 4.79 Å². The maximum atomic E-state index is 11.5. The number of carboxylic acid groups (broad SMARTS) is 1. The third kappa shape index (κ3) is 18.6. The Morgan fingerprint density at radius 3 is 1.77 bits per heavy atom. The van der Waals surface area contributed by atoms with Crippen LogP contribution in [0.4, 0.5) is 22.7 Å². The van der Waals surface area contributed by atoms with Crippen LogP contribution >= 0.6 is 45.1 Å². The number of nitrogens with one attached hydrogen (secondary N) is 2. The molecule has 4 aromatic rings. The maximum absolute atomic E-state index is 11.5. The summed E-state index contributed by atoms with van der Waals surface area (Å²) in [6, 6.07) is 31.2. The molecular formula is C40H48N4O8S4. The molecule has 1 unspecified atom stereocenters. The van der Waals surface area contributed by atoms with E-state index in [1.54, 1.807) is 54.5 Å². The monoisotopic (exact) mass is 840 g/mol. The van der Waals surface area contributed by atoms with Crippen LogP contribution in [0.2, 0.25) is 0 Å². The summed E-state index contributed by atoms with van der Waals surface area (Å²) in [7, 11) is 4.25. The summed E-state index contributed by atoms with van der Waals surface area (Å²) in [6.07, 6.45) is 6.32. The van der Waals surface area contributed by atoms with Gasteiger partial charge < -0.3 is 46.9 Å². The molecule has 0 spiro atoms. The number of ether oxygens (including phenoxy) is 2. The molecule has 9 N–H and O–H groups in total. The van der Waals surface area contributed by atoms with Gasteiger partial charge in [0.15, 0.2) is 0 Å². The second-order valence-corrected chi connectivity index (χ2v) is 14.8. The first-order chi connectivity index (χ1) is 27.1. The van der Waals surface area contributed by atoms with Crippen LogP contribution in [0.1, 0.15) is 20.8 Å². The summed E-state index contributed by atoms with van der Waals surface area (Å²) in [6.45, 7) is 6.68. The largest absolute Gasteiger partial charge is 0.480 e. The van der Waals surface area contributed by atoms with Crippen LogP contribution in [0.5, 0.6) is 0 Å². The molecule has 0 saturated carbocycles. The Bertz CT molecular complexity index is 1830. The zero-order valence-corrected chi connectivity index (χ0v) is 34.7. The van der Waals surface area contributed by atoms with Crippen molar-refractivity contribution in [3.8, 4) is 12.3 Å². The average molecular weight is 841 g/mol. The van der Waals surface area contributed by atoms with Crippen molar-refractivity contribution in [2.24, 2.45) is 0 Å². The van der Waals surface area contributed by atoms with Crippen LogP contribution < -0.4 is 22.1 Å². The van der Waals surface area contributed by atoms with Crippen molar-refractivity contribution in [2.45, 2.75) is 45.6 Å². The van der Waals surface area contributed by atoms with Crippen LogP contribution in [0.25, 0.3) is 0 Å². The highest BCUT2D eigenvalue weighted by atomic mass is 33.1. The molecule has 16 heteroatoms. The molecule has 0 saturated heterocycles. The van der Waals surface area contributed by atoms with E-state index in [0.29, 0.717) is 24.7 Å². The van der Waals surface area contributed by atoms with Gasteiger partial charge in [0.2, 0.25) is 0 Å². The van der Waals surface area contributed by atoms with E-state index in [1.807, 2.05) is 97.1 Å². The zero-order chi connectivity index (χ0) is 41.7. The number of thioether (sulfide) groups is 2. The fourth-order valence-corrected chi connectivity index (χ4v) is 8.00. The first-order valence-electron chi connectivity index (χ1n) is 16.9. The quantitative estimate of drug-likeness (QED) is 0.0313. The zero-order valence-electron chi connectivity index (χ0n) is 31.5. The minimum Gasteiger partial charge on any atom is -0.480 e. The number of fused-ring (bicyclic) bond motifs is 2. The first kappa shape index (κ1) is 49.1. The molecular weight excluding hydrogens is 793 g/mol. The van der Waals surface area contributed by atoms with Gasteiger partial charge in [0.05, 0.1) is 18.9 Å². The van der Waals surface area contributed by atoms with Crippen molar-refractivity contribution in [2.75, 3.05) is 55.6 Å². The third-order valence-electron chi connectivity index (χ3n) is 6.30. The molecule has 0 fully saturated rings. The molecule has 1 atom stereocenters. The molecule has 6 rings (SSSR count). The summed E-state index contributed by atoms with van der Waals surface area (Å²) >= 11 is 2.83. The van der Waals surface area contributed by atoms with Crippen LogP contribution in [-0.2, 0) is 23.9 Å². The number of hydrogen-bond acceptors (Lipinski definition) is 15. The summed E-state index contributed by atoms with van der Waals surface area (Å²) in [4.78, 5) is 36.9. The van der Waals surface area contributed by atoms with E-state index >= 15 is 0 Å². The van der Waals surface area contributed by atoms with E-state index in [9.17, 15) is 14.4 Å². The molecule has 0 aliphatic carbocycles. The minimum atomic E-state index is -0.757. The van der Waals surface area contributed by atoms with Gasteiger partial charge in [0.1, 0.15) is 10.2 Å². The number of nitrogens with two attached hydrogens (primary N) is 2. The van der Waals surface area contributed by atoms with Crippen LogP contribution in [-0.4, -0.2) is 72.0 Å². The predicted octanol–water partition coefficient (Wildman–Crippen LogP) is 7.71. The van der Waals surface area contributed by atoms with Gasteiger partial charge in [-0.2, -0.15) is 0 Å². The normalized spacial score (nSPS) is 12.5. The van der Waals surface area contributed by atoms with E-state index < -0.39 is 11.9 Å². The molecule has 0 radical (unpaired) electrons. The van der Waals surface area contributed by atoms with Gasteiger partial charge >= 0.3 is 17.9 Å². The smallest absolute Gasteiger partial charge is 0.384 e. The minimum absolute atomic E-state index is 0.250. The Morgan fingerprint density at radius 2 is 1.29 bits per heavy atom. The van der Waals surface area contributed by atoms with Crippen LogP contribution in [0.15, 0.2) is 128 Å². The fraction of sp³-hybridized carbons (Fsp3) is 0.225. The molecule has 2 aliphatic rings. The van der Waals surface area contributed by atoms with Gasteiger partial charge in [-0.25, -0.2) is 9.59 Å². The SMILES string of the molecule is C#CC(=O)OCC.CCO.CCOC(=O)C1=CNc2ccccc2S1.CO.Nc1ccccc1SSc1ccccc1N.O=C(O)C1CNc2ccccc2S1. The number of hydrogen-bond donors (Lipinski definition) is 7. The lowest BCUT2D eigenvalue weighted by Gasteiger charge is -2.22. The Balaban J connectivity index is 0.000000369. The highest BCUT2D eigenvalue weighted by Gasteiger charge is 2.24. The van der Waals surface area contributed by atoms with Gasteiger partial charge in [-0.15, -0.1) is 18.2 Å². The number of terminal acetylenes is 1. The lowest BCUT2D eigenvalue weighted by Crippen LogP contribution is -2.28. The van der Waals surface area contributed by atoms with E-state index in [1.165, 1.54) is 23.5 Å². The lowest BCUT2D eigenvalue weighted by atomic mass is 10.3. The van der Waals surface area contributed by atoms with Gasteiger partial charge in [0, 0.05) is 69.0 Å². The second-order valence-electron chi connectivity index (χ2n) is 10.2. The molecule has 300 valence electrons. The first-order valence-corrected chi connectivity index (χ1v) is 20.8. The molecule has 4 aromatic carbocycles. The third-order valence-corrected chi connectivity index (χ3v) is 11.2. The molecule has 0 aromatic heterocycles. The summed E-state index contributed by atoms with van der Waals surface area (Å²) in [5, 5.41) is 29.2. The molecule has 0 bridgehead atoms. The predicted molar refractivity (Wildman–Crippen MR) is 233 cm³/mol. The number of aliphatic hydroxyl groups excluding tert-OH is 2. The van der Waals surface area contributed by atoms with Crippen molar-refractivity contribution < 1.29 is 39.2 Å². The highest BCUT2D eigenvalue weighted by molar-refractivity contribution is 8.76. The number of aliphatic hydroxyl groups is 2. The van der Waals surface area contributed by atoms with Gasteiger partial charge in [0.25, 0.3) is 0 Å². The Morgan fingerprint density at radius 1 is 0.804 bits per heavy atom. The van der Waals surface area contributed by atoms with Gasteiger partial charge in [-0.05, 0) is 69.3 Å². The van der Waals surface area contributed by atoms with Gasteiger partial charge in [-0.1, -0.05) is 81.9 Å². The molecule has 2 aliphatic heterocycles. The molecule has 0 amide bonds. The van der Waals surface area contributed by atoms with Crippen molar-refractivity contribution in [3.63, 3.8) is 0 Å². The Labute approximate surface area is 345 Å². The van der Waals surface area contributed by atoms with Crippen molar-refractivity contribution in [3.05, 3.63) is 108 Å². The van der Waals surface area contributed by atoms with E-state index in [2.05, 4.69) is 21.8 Å². The number of rotatable bonds is 7. The number of para-hydroxylation sites is 4. The number of esters is 2. The summed E-state index contributed by atoms with van der Waals surface area (Å²) < 4.78 is 9.24. The Hall–Kier alpha value is -4.89. The van der Waals surface area contributed by atoms with Crippen LogP contribution in [0, 0.1) is 12.3 Å². The molecule has 12 nitrogen and oxygen atoms in total. The fourth-order valence-electron chi connectivity index (χ4n) is 3.90. The second kappa shape index (κ2) is 29.4. The molecule has 2 heterocycles. The number of nitrogen functional groups attached to an aromatic ring is 2. The average Bonchev–Trinajstić information content (AvgIpc) is 3.22. The number of anilines is 4. The van der Waals surface area contributed by atoms with E-state index in [0.717, 1.165) is 49.4 Å². The number of carbonyl (C=O) groups is 3. The lowest BCUT2D eigenvalue weighted by molar-refractivity contribution is -0.138. The number of benzene rings is 4. The topological polar surface area (TPSA) is 206 Å². The van der Waals surface area contributed by atoms with Crippen LogP contribution in [0.3, 0.4) is 0 Å². The summed E-state index contributed by atoms with van der Waals surface area (Å²) in [5.74, 6) is 0.179. The summed E-state index contributed by atoms with van der Waals surface area (Å²) in [5.41, 5.74) is 15.4. The standard InChI is InChI=1S/C12H12N2S2.C11H11NO2S.C9H9NO2S.C5H6O2.C2H6O.CH4O/c13-9-5-1-3-7-11(9)15-16-12-8-4-2-6-10(12)14;1-2-14-11(13)10-7-12-8-5-3-4-6-9(8)15-10;11-9(12)8-5-10-6-3-1-2-4-7(6)13-8;1-3-5(6)7-4-2;1-2-3;1-2/h1-8H,13-14H2;3-7,12H,2H2,1H3;1-4,8,10H,5H2,(H,11,12);1H,4H2,2H3;3H,2H2,1H3;2H,1H3. The molecule has 56 heavy (non-hydrogen) atoms. The highest BCUT2D eigenvalue weighted by Crippen LogP contribution is 2.42. The van der Waals surface area contributed by atoms with E-state index in [-0.39, 0.29) is 17.8 Å². The van der Waals surface area contributed by atoms with Crippen molar-refractivity contribution in [1.29, 1.82) is 0 Å². The van der Waals surface area contributed by atoms with Crippen molar-refractivity contribution in [1.82, 2.24) is 0 Å². The number of aliphatic carboxylic acids is 1. The number of carboxylic acids is 1. The number of carbonyl (C=O) groups excluding carboxylic acids is 2. The van der Waals surface area contributed by atoms with E-state index in [4.69, 9.17) is 31.5 Å². The Kier molecular flexibility index (Phi) is 25.8. The maximum Gasteiger partial charge on any atom is 0.384 e.